The highest BCUT2D eigenvalue weighted by Gasteiger charge is 2.37. The molecule has 1 rings (SSSR count). The Balaban J connectivity index is 2.76. The first kappa shape index (κ1) is 15.4. The van der Waals surface area contributed by atoms with Crippen LogP contribution in [0.2, 0.25) is 0 Å². The number of nitrogens with zero attached hydrogens (tertiary/aromatic N) is 1. The zero-order chi connectivity index (χ0) is 14.4. The van der Waals surface area contributed by atoms with Crippen LogP contribution in [0.3, 0.4) is 0 Å². The summed E-state index contributed by atoms with van der Waals surface area (Å²) in [4.78, 5) is 35.9. The summed E-state index contributed by atoms with van der Waals surface area (Å²) < 4.78 is 0. The van der Waals surface area contributed by atoms with E-state index in [-0.39, 0.29) is 12.5 Å². The van der Waals surface area contributed by atoms with Crippen molar-refractivity contribution in [2.75, 3.05) is 13.1 Å². The first-order chi connectivity index (χ1) is 9.01. The highest BCUT2D eigenvalue weighted by molar-refractivity contribution is 5.88. The summed E-state index contributed by atoms with van der Waals surface area (Å²) in [5, 5.41) is 17.6. The van der Waals surface area contributed by atoms with E-state index >= 15 is 0 Å². The smallest absolute Gasteiger partial charge is 0.307 e. The van der Waals surface area contributed by atoms with Crippen LogP contribution in [0.25, 0.3) is 0 Å². The Kier molecular flexibility index (Phi) is 5.75. The molecule has 2 unspecified atom stereocenters. The third-order valence-electron chi connectivity index (χ3n) is 3.55. The predicted octanol–water partition coefficient (Wildman–Crippen LogP) is 0.231. The van der Waals surface area contributed by atoms with E-state index in [0.29, 0.717) is 19.4 Å². The second-order valence-electron chi connectivity index (χ2n) is 4.72. The Morgan fingerprint density at radius 2 is 1.79 bits per heavy atom. The number of hydrogen-bond donors (Lipinski definition) is 3. The van der Waals surface area contributed by atoms with Gasteiger partial charge in [0.25, 0.3) is 5.91 Å². The molecule has 0 heterocycles. The summed E-state index contributed by atoms with van der Waals surface area (Å²) >= 11 is 0. The van der Waals surface area contributed by atoms with Crippen molar-refractivity contribution in [3.63, 3.8) is 0 Å². The fourth-order valence-electron chi connectivity index (χ4n) is 2.51. The molecule has 0 aromatic heterocycles. The second kappa shape index (κ2) is 7.08. The molecule has 1 aliphatic carbocycles. The van der Waals surface area contributed by atoms with Crippen molar-refractivity contribution in [1.82, 2.24) is 10.4 Å². The molecule has 2 atom stereocenters. The summed E-state index contributed by atoms with van der Waals surface area (Å²) in [7, 11) is 0. The van der Waals surface area contributed by atoms with E-state index in [1.54, 1.807) is 6.92 Å². The molecule has 19 heavy (non-hydrogen) atoms. The van der Waals surface area contributed by atoms with Crippen molar-refractivity contribution in [3.05, 3.63) is 0 Å². The fourth-order valence-corrected chi connectivity index (χ4v) is 2.51. The monoisotopic (exact) mass is 272 g/mol. The summed E-state index contributed by atoms with van der Waals surface area (Å²) in [6.07, 6.45) is 2.66. The zero-order valence-corrected chi connectivity index (χ0v) is 11.0. The molecule has 1 saturated carbocycles. The van der Waals surface area contributed by atoms with Crippen LogP contribution in [0, 0.1) is 11.8 Å². The highest BCUT2D eigenvalue weighted by Crippen LogP contribution is 2.31. The molecule has 2 amide bonds. The van der Waals surface area contributed by atoms with E-state index in [9.17, 15) is 14.4 Å². The first-order valence-corrected chi connectivity index (χ1v) is 6.45. The molecule has 3 N–H and O–H groups in total. The van der Waals surface area contributed by atoms with Crippen LogP contribution < -0.4 is 5.48 Å². The Bertz CT molecular complexity index is 358. The molecular weight excluding hydrogens is 252 g/mol. The third kappa shape index (κ3) is 3.92. The Morgan fingerprint density at radius 1 is 1.21 bits per heavy atom. The van der Waals surface area contributed by atoms with Gasteiger partial charge >= 0.3 is 5.97 Å². The largest absolute Gasteiger partial charge is 0.481 e. The van der Waals surface area contributed by atoms with E-state index in [1.807, 2.05) is 0 Å². The number of carbonyl (C=O) groups excluding carboxylic acids is 2. The van der Waals surface area contributed by atoms with Gasteiger partial charge in [0.1, 0.15) is 6.54 Å². The van der Waals surface area contributed by atoms with Gasteiger partial charge in [-0.1, -0.05) is 12.8 Å². The fraction of sp³-hybridized carbons (Fsp3) is 0.750. The summed E-state index contributed by atoms with van der Waals surface area (Å²) in [6.45, 7) is 1.75. The van der Waals surface area contributed by atoms with E-state index in [1.165, 1.54) is 10.4 Å². The molecule has 0 saturated heterocycles. The van der Waals surface area contributed by atoms with Crippen LogP contribution in [-0.2, 0) is 14.4 Å². The standard InChI is InChI=1S/C12H20N2O5/c1-2-14(7-10(15)13-19)11(16)8-5-3-4-6-9(8)12(17)18/h8-9,19H,2-7H2,1H3,(H,13,15)(H,17,18). The second-order valence-corrected chi connectivity index (χ2v) is 4.72. The minimum atomic E-state index is -0.958. The van der Waals surface area contributed by atoms with Crippen molar-refractivity contribution in [1.29, 1.82) is 0 Å². The number of hydroxylamine groups is 1. The number of rotatable bonds is 5. The number of aliphatic carboxylic acids is 1. The van der Waals surface area contributed by atoms with Gasteiger partial charge in [-0.05, 0) is 19.8 Å². The Labute approximate surface area is 111 Å². The molecule has 0 aromatic carbocycles. The maximum Gasteiger partial charge on any atom is 0.307 e. The number of hydrogen-bond acceptors (Lipinski definition) is 4. The lowest BCUT2D eigenvalue weighted by atomic mass is 9.78. The van der Waals surface area contributed by atoms with E-state index in [0.717, 1.165) is 12.8 Å². The van der Waals surface area contributed by atoms with Crippen LogP contribution in [0.4, 0.5) is 0 Å². The molecule has 0 radical (unpaired) electrons. The van der Waals surface area contributed by atoms with Crippen molar-refractivity contribution < 1.29 is 24.7 Å². The van der Waals surface area contributed by atoms with Gasteiger partial charge in [-0.2, -0.15) is 0 Å². The molecule has 7 nitrogen and oxygen atoms in total. The number of carboxylic acids is 1. The third-order valence-corrected chi connectivity index (χ3v) is 3.55. The molecule has 0 bridgehead atoms. The zero-order valence-electron chi connectivity index (χ0n) is 11.0. The van der Waals surface area contributed by atoms with Gasteiger partial charge < -0.3 is 10.0 Å². The van der Waals surface area contributed by atoms with Gasteiger partial charge in [-0.15, -0.1) is 0 Å². The highest BCUT2D eigenvalue weighted by atomic mass is 16.5. The van der Waals surface area contributed by atoms with Gasteiger partial charge in [0.2, 0.25) is 5.91 Å². The van der Waals surface area contributed by atoms with Gasteiger partial charge in [-0.3, -0.25) is 19.6 Å². The SMILES string of the molecule is CCN(CC(=O)NO)C(=O)C1CCCCC1C(=O)O. The number of amides is 2. The molecule has 0 aliphatic heterocycles. The van der Waals surface area contributed by atoms with Crippen LogP contribution in [0.5, 0.6) is 0 Å². The number of likely N-dealkylation sites (N-methyl/N-ethyl adjacent to an activating group) is 1. The quantitative estimate of drug-likeness (QED) is 0.490. The lowest BCUT2D eigenvalue weighted by Gasteiger charge is -2.31. The Morgan fingerprint density at radius 3 is 2.26 bits per heavy atom. The van der Waals surface area contributed by atoms with Gasteiger partial charge in [0.15, 0.2) is 0 Å². The van der Waals surface area contributed by atoms with Crippen molar-refractivity contribution in [2.45, 2.75) is 32.6 Å². The summed E-state index contributed by atoms with van der Waals surface area (Å²) in [6, 6.07) is 0. The van der Waals surface area contributed by atoms with Crippen LogP contribution in [0.15, 0.2) is 0 Å². The maximum absolute atomic E-state index is 12.3. The normalized spacial score (nSPS) is 22.6. The number of carbonyl (C=O) groups is 3. The molecular formula is C12H20N2O5. The number of carboxylic acid groups (broad SMARTS) is 1. The minimum Gasteiger partial charge on any atom is -0.481 e. The summed E-state index contributed by atoms with van der Waals surface area (Å²) in [5.74, 6) is -3.21. The lowest BCUT2D eigenvalue weighted by molar-refractivity contribution is -0.153. The first-order valence-electron chi connectivity index (χ1n) is 6.45. The van der Waals surface area contributed by atoms with Gasteiger partial charge in [0, 0.05) is 6.54 Å². The molecule has 1 fully saturated rings. The molecule has 1 aliphatic rings. The van der Waals surface area contributed by atoms with Crippen LogP contribution in [-0.4, -0.2) is 46.1 Å². The van der Waals surface area contributed by atoms with Crippen molar-refractivity contribution in [2.24, 2.45) is 11.8 Å². The van der Waals surface area contributed by atoms with E-state index in [4.69, 9.17) is 10.3 Å². The average molecular weight is 272 g/mol. The topological polar surface area (TPSA) is 107 Å². The maximum atomic E-state index is 12.3. The lowest BCUT2D eigenvalue weighted by Crippen LogP contribution is -2.46. The van der Waals surface area contributed by atoms with E-state index < -0.39 is 23.7 Å². The molecule has 0 aromatic rings. The van der Waals surface area contributed by atoms with E-state index in [2.05, 4.69) is 0 Å². The Hall–Kier alpha value is -1.63. The predicted molar refractivity (Wildman–Crippen MR) is 65.3 cm³/mol. The van der Waals surface area contributed by atoms with Gasteiger partial charge in [-0.25, -0.2) is 5.48 Å². The number of nitrogens with one attached hydrogen (secondary N) is 1. The van der Waals surface area contributed by atoms with Crippen LogP contribution in [0.1, 0.15) is 32.6 Å². The minimum absolute atomic E-state index is 0.255. The molecule has 108 valence electrons. The van der Waals surface area contributed by atoms with Crippen molar-refractivity contribution in [3.8, 4) is 0 Å². The molecule has 0 spiro atoms. The van der Waals surface area contributed by atoms with Crippen LogP contribution >= 0.6 is 0 Å². The molecule has 7 heteroatoms. The van der Waals surface area contributed by atoms with Crippen molar-refractivity contribution >= 4 is 17.8 Å². The van der Waals surface area contributed by atoms with Gasteiger partial charge in [0.05, 0.1) is 11.8 Å². The summed E-state index contributed by atoms with van der Waals surface area (Å²) in [5.41, 5.74) is 1.47. The average Bonchev–Trinajstić information content (AvgIpc) is 2.43.